The lowest BCUT2D eigenvalue weighted by atomic mass is 10.2. The van der Waals surface area contributed by atoms with Crippen LogP contribution in [0, 0.1) is 28.6 Å². The van der Waals surface area contributed by atoms with Gasteiger partial charge in [-0.1, -0.05) is 0 Å². The molecule has 0 N–H and O–H groups in total. The summed E-state index contributed by atoms with van der Waals surface area (Å²) in [7, 11) is 3.08. The average molecular weight is 287 g/mol. The molecule has 6 nitrogen and oxygen atoms in total. The zero-order valence-corrected chi connectivity index (χ0v) is 12.3. The van der Waals surface area contributed by atoms with Crippen molar-refractivity contribution >= 4 is 5.91 Å². The van der Waals surface area contributed by atoms with Crippen LogP contribution in [0.4, 0.5) is 0 Å². The predicted molar refractivity (Wildman–Crippen MR) is 75.6 cm³/mol. The fourth-order valence-electron chi connectivity index (χ4n) is 1.66. The molecule has 1 aromatic carbocycles. The van der Waals surface area contributed by atoms with Gasteiger partial charge in [-0.2, -0.15) is 10.5 Å². The standard InChI is InChI=1S/C15H17N3O3/c1-11(7-16)9-18(2)15(19)10-21-13-5-4-12(8-17)6-14(13)20-3/h4-6,11H,9-10H2,1-3H3/t11-/m1/s1. The molecule has 0 heterocycles. The number of nitriles is 2. The SMILES string of the molecule is COc1cc(C#N)ccc1OCC(=O)N(C)C[C@H](C)C#N. The van der Waals surface area contributed by atoms with Crippen LogP contribution in [0.2, 0.25) is 0 Å². The van der Waals surface area contributed by atoms with Crippen LogP contribution in [0.25, 0.3) is 0 Å². The second-order valence-electron chi connectivity index (χ2n) is 4.57. The summed E-state index contributed by atoms with van der Waals surface area (Å²) >= 11 is 0. The van der Waals surface area contributed by atoms with Gasteiger partial charge in [0.05, 0.1) is 30.7 Å². The van der Waals surface area contributed by atoms with Crippen molar-refractivity contribution in [3.8, 4) is 23.6 Å². The number of hydrogen-bond acceptors (Lipinski definition) is 5. The van der Waals surface area contributed by atoms with Crippen molar-refractivity contribution in [2.45, 2.75) is 6.92 Å². The van der Waals surface area contributed by atoms with Crippen LogP contribution in [-0.2, 0) is 4.79 Å². The summed E-state index contributed by atoms with van der Waals surface area (Å²) in [6, 6.07) is 8.78. The second-order valence-corrected chi connectivity index (χ2v) is 4.57. The van der Waals surface area contributed by atoms with E-state index in [-0.39, 0.29) is 18.4 Å². The van der Waals surface area contributed by atoms with Gasteiger partial charge in [0.15, 0.2) is 18.1 Å². The highest BCUT2D eigenvalue weighted by Crippen LogP contribution is 2.27. The van der Waals surface area contributed by atoms with Gasteiger partial charge in [-0.3, -0.25) is 4.79 Å². The van der Waals surface area contributed by atoms with E-state index in [0.29, 0.717) is 23.6 Å². The summed E-state index contributed by atoms with van der Waals surface area (Å²) in [5.74, 6) is 0.327. The molecule has 0 aliphatic heterocycles. The van der Waals surface area contributed by atoms with E-state index in [9.17, 15) is 4.79 Å². The van der Waals surface area contributed by atoms with Crippen LogP contribution in [0.15, 0.2) is 18.2 Å². The van der Waals surface area contributed by atoms with Gasteiger partial charge >= 0.3 is 0 Å². The quantitative estimate of drug-likeness (QED) is 0.792. The van der Waals surface area contributed by atoms with Crippen LogP contribution < -0.4 is 9.47 Å². The summed E-state index contributed by atoms with van der Waals surface area (Å²) in [4.78, 5) is 13.3. The van der Waals surface area contributed by atoms with Gasteiger partial charge in [0, 0.05) is 19.7 Å². The molecule has 0 spiro atoms. The highest BCUT2D eigenvalue weighted by molar-refractivity contribution is 5.77. The Kier molecular flexibility index (Phi) is 6.03. The van der Waals surface area contributed by atoms with Crippen molar-refractivity contribution in [3.63, 3.8) is 0 Å². The molecule has 0 bridgehead atoms. The highest BCUT2D eigenvalue weighted by Gasteiger charge is 2.14. The Balaban J connectivity index is 2.65. The van der Waals surface area contributed by atoms with E-state index in [1.165, 1.54) is 12.0 Å². The molecule has 1 aromatic rings. The predicted octanol–water partition coefficient (Wildman–Crippen LogP) is 1.56. The summed E-state index contributed by atoms with van der Waals surface area (Å²) in [5.41, 5.74) is 0.450. The monoisotopic (exact) mass is 287 g/mol. The Bertz CT molecular complexity index is 587. The van der Waals surface area contributed by atoms with Crippen molar-refractivity contribution in [3.05, 3.63) is 23.8 Å². The molecule has 0 aliphatic rings. The minimum Gasteiger partial charge on any atom is -0.493 e. The Morgan fingerprint density at radius 2 is 2.10 bits per heavy atom. The Morgan fingerprint density at radius 3 is 2.67 bits per heavy atom. The summed E-state index contributed by atoms with van der Waals surface area (Å²) in [6.07, 6.45) is 0. The van der Waals surface area contributed by atoms with Gasteiger partial charge < -0.3 is 14.4 Å². The number of likely N-dealkylation sites (N-methyl/N-ethyl adjacent to an activating group) is 1. The summed E-state index contributed by atoms with van der Waals surface area (Å²) in [5, 5.41) is 17.5. The van der Waals surface area contributed by atoms with Crippen LogP contribution in [0.3, 0.4) is 0 Å². The molecule has 0 saturated carbocycles. The van der Waals surface area contributed by atoms with E-state index < -0.39 is 0 Å². The fourth-order valence-corrected chi connectivity index (χ4v) is 1.66. The molecule has 0 unspecified atom stereocenters. The Labute approximate surface area is 124 Å². The first-order chi connectivity index (χ1) is 10.0. The smallest absolute Gasteiger partial charge is 0.260 e. The van der Waals surface area contributed by atoms with Crippen molar-refractivity contribution < 1.29 is 14.3 Å². The molecule has 6 heteroatoms. The minimum absolute atomic E-state index is 0.156. The van der Waals surface area contributed by atoms with Crippen LogP contribution in [-0.4, -0.2) is 38.1 Å². The van der Waals surface area contributed by atoms with Crippen molar-refractivity contribution in [2.24, 2.45) is 5.92 Å². The first kappa shape index (κ1) is 16.3. The maximum atomic E-state index is 11.9. The minimum atomic E-state index is -0.233. The molecule has 0 aliphatic carbocycles. The third-order valence-corrected chi connectivity index (χ3v) is 2.84. The Morgan fingerprint density at radius 1 is 1.38 bits per heavy atom. The van der Waals surface area contributed by atoms with Crippen LogP contribution in [0.1, 0.15) is 12.5 Å². The maximum absolute atomic E-state index is 11.9. The first-order valence-corrected chi connectivity index (χ1v) is 6.36. The second kappa shape index (κ2) is 7.76. The number of carbonyl (C=O) groups is 1. The van der Waals surface area contributed by atoms with Gasteiger partial charge in [0.1, 0.15) is 0 Å². The number of benzene rings is 1. The maximum Gasteiger partial charge on any atom is 0.260 e. The average Bonchev–Trinajstić information content (AvgIpc) is 2.51. The van der Waals surface area contributed by atoms with Gasteiger partial charge in [0.25, 0.3) is 5.91 Å². The highest BCUT2D eigenvalue weighted by atomic mass is 16.5. The van der Waals surface area contributed by atoms with Crippen LogP contribution in [0.5, 0.6) is 11.5 Å². The molecule has 0 radical (unpaired) electrons. The van der Waals surface area contributed by atoms with E-state index in [1.807, 2.05) is 6.07 Å². The number of amides is 1. The largest absolute Gasteiger partial charge is 0.493 e. The zero-order chi connectivity index (χ0) is 15.8. The zero-order valence-electron chi connectivity index (χ0n) is 12.3. The van der Waals surface area contributed by atoms with Crippen molar-refractivity contribution in [1.82, 2.24) is 4.90 Å². The molecular weight excluding hydrogens is 270 g/mol. The van der Waals surface area contributed by atoms with Crippen LogP contribution >= 0.6 is 0 Å². The molecule has 0 fully saturated rings. The number of hydrogen-bond donors (Lipinski definition) is 0. The third-order valence-electron chi connectivity index (χ3n) is 2.84. The normalized spacial score (nSPS) is 10.9. The van der Waals surface area contributed by atoms with Gasteiger partial charge in [-0.05, 0) is 19.1 Å². The molecular formula is C15H17N3O3. The van der Waals surface area contributed by atoms with Gasteiger partial charge in [-0.25, -0.2) is 0 Å². The fraction of sp³-hybridized carbons (Fsp3) is 0.400. The molecule has 0 saturated heterocycles. The van der Waals surface area contributed by atoms with Gasteiger partial charge in [0.2, 0.25) is 0 Å². The molecule has 1 amide bonds. The number of nitrogens with zero attached hydrogens (tertiary/aromatic N) is 3. The lowest BCUT2D eigenvalue weighted by Crippen LogP contribution is -2.34. The lowest BCUT2D eigenvalue weighted by Gasteiger charge is -2.19. The summed E-state index contributed by atoms with van der Waals surface area (Å²) in [6.45, 7) is 1.94. The van der Waals surface area contributed by atoms with E-state index in [2.05, 4.69) is 6.07 Å². The third kappa shape index (κ3) is 4.70. The van der Waals surface area contributed by atoms with Crippen molar-refractivity contribution in [2.75, 3.05) is 27.3 Å². The van der Waals surface area contributed by atoms with E-state index in [0.717, 1.165) is 0 Å². The van der Waals surface area contributed by atoms with E-state index in [4.69, 9.17) is 20.0 Å². The number of methoxy groups -OCH3 is 1. The Hall–Kier alpha value is -2.73. The molecule has 1 atom stereocenters. The van der Waals surface area contributed by atoms with E-state index >= 15 is 0 Å². The molecule has 1 rings (SSSR count). The number of carbonyl (C=O) groups excluding carboxylic acids is 1. The van der Waals surface area contributed by atoms with Gasteiger partial charge in [-0.15, -0.1) is 0 Å². The summed E-state index contributed by atoms with van der Waals surface area (Å²) < 4.78 is 10.5. The van der Waals surface area contributed by atoms with Crippen molar-refractivity contribution in [1.29, 1.82) is 10.5 Å². The molecule has 0 aromatic heterocycles. The molecule has 21 heavy (non-hydrogen) atoms. The number of ether oxygens (including phenoxy) is 2. The lowest BCUT2D eigenvalue weighted by molar-refractivity contribution is -0.132. The first-order valence-electron chi connectivity index (χ1n) is 6.36. The topological polar surface area (TPSA) is 86.3 Å². The number of rotatable bonds is 6. The van der Waals surface area contributed by atoms with E-state index in [1.54, 1.807) is 32.2 Å². The molecule has 110 valence electrons.